The standard InChI is InChI=1S/C28H36N6O7S.C3H8.2C2H6/c1-4-22-26(19(2)17-30-3)41-16-15-40-14-13-39-12-11-34(10-9-24(35)36)42(38)21-7-5-20(6-8-21)23-18-31-27(29)25(32-23)28(37)33-22;1-3-2;2*1-2/h4-8,18,30H,1-2,9-17H2,3H3,(H2,29,31)(H,33,37)(H,35,36);3H2,1-2H3;2*1-2H3/b26-22-;;;. The van der Waals surface area contributed by atoms with Crippen LogP contribution in [0.4, 0.5) is 5.82 Å². The fourth-order valence-corrected chi connectivity index (χ4v) is 5.00. The van der Waals surface area contributed by atoms with E-state index in [1.165, 1.54) is 18.7 Å². The van der Waals surface area contributed by atoms with E-state index in [9.17, 15) is 13.8 Å². The lowest BCUT2D eigenvalue weighted by atomic mass is 10.1. The Bertz CT molecular complexity index is 1350. The number of aliphatic carboxylic acids is 1. The number of carbonyl (C=O) groups excluding carboxylic acids is 1. The van der Waals surface area contributed by atoms with Gasteiger partial charge in [0.1, 0.15) is 23.4 Å². The highest BCUT2D eigenvalue weighted by atomic mass is 32.2. The number of nitrogens with one attached hydrogen (secondary N) is 2. The number of rotatable bonds is 7. The number of amides is 1. The molecular weight excluding hydrogens is 648 g/mol. The van der Waals surface area contributed by atoms with Crippen molar-refractivity contribution in [2.45, 2.75) is 59.3 Å². The van der Waals surface area contributed by atoms with Crippen molar-refractivity contribution in [1.29, 1.82) is 0 Å². The molecule has 1 unspecified atom stereocenters. The largest absolute Gasteiger partial charge is 0.489 e. The maximum absolute atomic E-state index is 13.3. The molecule has 1 amide bonds. The van der Waals surface area contributed by atoms with E-state index in [1.807, 2.05) is 27.7 Å². The molecular formula is C35H56N6O7S. The van der Waals surface area contributed by atoms with Gasteiger partial charge in [0, 0.05) is 30.8 Å². The van der Waals surface area contributed by atoms with Crippen LogP contribution in [-0.4, -0.2) is 95.2 Å². The molecule has 0 saturated heterocycles. The second-order valence-electron chi connectivity index (χ2n) is 9.65. The minimum atomic E-state index is -1.64. The minimum absolute atomic E-state index is 0.0736. The van der Waals surface area contributed by atoms with E-state index < -0.39 is 22.9 Å². The average molecular weight is 705 g/mol. The van der Waals surface area contributed by atoms with Crippen LogP contribution >= 0.6 is 0 Å². The van der Waals surface area contributed by atoms with Gasteiger partial charge in [-0.2, -0.15) is 0 Å². The number of hydrogen-bond acceptors (Lipinski definition) is 10. The number of nitrogens with two attached hydrogens (primary N) is 1. The smallest absolute Gasteiger partial charge is 0.304 e. The Morgan fingerprint density at radius 2 is 1.69 bits per heavy atom. The van der Waals surface area contributed by atoms with Crippen LogP contribution < -0.4 is 16.4 Å². The van der Waals surface area contributed by atoms with Crippen LogP contribution in [0.1, 0.15) is 64.9 Å². The predicted octanol–water partition coefficient (Wildman–Crippen LogP) is 4.96. The van der Waals surface area contributed by atoms with Gasteiger partial charge in [0.2, 0.25) is 0 Å². The van der Waals surface area contributed by atoms with E-state index in [1.54, 1.807) is 35.6 Å². The van der Waals surface area contributed by atoms with Crippen LogP contribution in [0.5, 0.6) is 0 Å². The number of hydrogen-bond donors (Lipinski definition) is 4. The fourth-order valence-electron chi connectivity index (χ4n) is 3.83. The summed E-state index contributed by atoms with van der Waals surface area (Å²) in [5, 5.41) is 14.9. The number of likely N-dealkylation sites (N-methyl/N-ethyl adjacent to an activating group) is 1. The molecule has 0 radical (unpaired) electrons. The molecule has 1 aromatic carbocycles. The zero-order valence-corrected chi connectivity index (χ0v) is 31.0. The molecule has 5 N–H and O–H groups in total. The summed E-state index contributed by atoms with van der Waals surface area (Å²) in [6.07, 6.45) is 3.94. The number of nitrogen functional groups attached to an aromatic ring is 1. The molecule has 3 heterocycles. The Labute approximate surface area is 294 Å². The van der Waals surface area contributed by atoms with E-state index in [-0.39, 0.29) is 69.8 Å². The van der Waals surface area contributed by atoms with Crippen molar-refractivity contribution in [3.05, 3.63) is 72.4 Å². The minimum Gasteiger partial charge on any atom is -0.489 e. The third-order valence-electron chi connectivity index (χ3n) is 5.92. The molecule has 1 aromatic heterocycles. The van der Waals surface area contributed by atoms with Gasteiger partial charge in [-0.25, -0.2) is 18.5 Å². The first kappa shape index (κ1) is 45.0. The number of allylic oxidation sites excluding steroid dienone is 1. The number of ether oxygens (including phenoxy) is 3. The summed E-state index contributed by atoms with van der Waals surface area (Å²) in [6.45, 7) is 22.0. The van der Waals surface area contributed by atoms with Gasteiger partial charge in [-0.1, -0.05) is 73.3 Å². The molecule has 14 heteroatoms. The summed E-state index contributed by atoms with van der Waals surface area (Å²) in [5.41, 5.74) is 7.72. The Morgan fingerprint density at radius 1 is 1.10 bits per heavy atom. The van der Waals surface area contributed by atoms with Gasteiger partial charge in [0.25, 0.3) is 5.91 Å². The third kappa shape index (κ3) is 16.3. The summed E-state index contributed by atoms with van der Waals surface area (Å²) in [4.78, 5) is 33.5. The topological polar surface area (TPSA) is 178 Å². The molecule has 2 aliphatic rings. The molecule has 0 fully saturated rings. The lowest BCUT2D eigenvalue weighted by Gasteiger charge is -2.21. The van der Waals surface area contributed by atoms with Crippen LogP contribution in [0.25, 0.3) is 11.3 Å². The monoisotopic (exact) mass is 704 g/mol. The first-order valence-corrected chi connectivity index (χ1v) is 17.7. The van der Waals surface area contributed by atoms with Crippen molar-refractivity contribution in [2.75, 3.05) is 65.5 Å². The quantitative estimate of drug-likeness (QED) is 0.287. The van der Waals surface area contributed by atoms with E-state index in [0.29, 0.717) is 34.0 Å². The molecule has 4 bridgehead atoms. The summed E-state index contributed by atoms with van der Waals surface area (Å²) in [6, 6.07) is 6.67. The van der Waals surface area contributed by atoms with Crippen LogP contribution in [0.2, 0.25) is 0 Å². The molecule has 274 valence electrons. The normalized spacial score (nSPS) is 17.4. The van der Waals surface area contributed by atoms with Gasteiger partial charge in [-0.3, -0.25) is 9.59 Å². The molecule has 0 saturated carbocycles. The molecule has 4 rings (SSSR count). The molecule has 2 aliphatic heterocycles. The first-order chi connectivity index (χ1) is 23.7. The van der Waals surface area contributed by atoms with Gasteiger partial charge in [0.05, 0.1) is 55.3 Å². The Kier molecular flexibility index (Phi) is 24.8. The fraction of sp³-hybridized carbons (Fsp3) is 0.486. The van der Waals surface area contributed by atoms with E-state index >= 15 is 0 Å². The number of nitrogens with zero attached hydrogens (tertiary/aromatic N) is 3. The van der Waals surface area contributed by atoms with Crippen molar-refractivity contribution in [1.82, 2.24) is 24.9 Å². The second kappa shape index (κ2) is 26.9. The number of fused-ring (bicyclic) bond motifs is 15. The van der Waals surface area contributed by atoms with Crippen LogP contribution in [0.3, 0.4) is 0 Å². The lowest BCUT2D eigenvalue weighted by molar-refractivity contribution is -0.137. The highest BCUT2D eigenvalue weighted by Crippen LogP contribution is 2.22. The summed E-state index contributed by atoms with van der Waals surface area (Å²) in [5.74, 6) is -1.38. The predicted molar refractivity (Wildman–Crippen MR) is 196 cm³/mol. The van der Waals surface area contributed by atoms with Gasteiger partial charge >= 0.3 is 5.97 Å². The molecule has 1 atom stereocenters. The van der Waals surface area contributed by atoms with Crippen molar-refractivity contribution < 1.29 is 33.1 Å². The number of carbonyl (C=O) groups is 2. The molecule has 13 nitrogen and oxygen atoms in total. The van der Waals surface area contributed by atoms with E-state index in [0.717, 1.165) is 0 Å². The SMILES string of the molecule is C=C/C1=C(\C(=C)CNC)OCCOCCOCCN(CCC(=O)O)S(=O)c2ccc(cc2)-c2cnc(N)c(n2)C(=O)N1.CC.CC.CCC. The maximum Gasteiger partial charge on any atom is 0.304 e. The Morgan fingerprint density at radius 3 is 2.27 bits per heavy atom. The second-order valence-corrected chi connectivity index (χ2v) is 11.1. The highest BCUT2D eigenvalue weighted by molar-refractivity contribution is 7.82. The first-order valence-electron chi connectivity index (χ1n) is 16.6. The number of aromatic nitrogens is 2. The molecule has 49 heavy (non-hydrogen) atoms. The number of carboxylic acid groups (broad SMARTS) is 1. The number of anilines is 1. The summed E-state index contributed by atoms with van der Waals surface area (Å²) >= 11 is 0. The van der Waals surface area contributed by atoms with Crippen LogP contribution in [0.15, 0.2) is 71.6 Å². The summed E-state index contributed by atoms with van der Waals surface area (Å²) in [7, 11) is 0.117. The van der Waals surface area contributed by atoms with Gasteiger partial charge in [-0.15, -0.1) is 0 Å². The zero-order chi connectivity index (χ0) is 37.2. The van der Waals surface area contributed by atoms with Gasteiger partial charge in [0.15, 0.2) is 11.5 Å². The van der Waals surface area contributed by atoms with Gasteiger partial charge in [-0.05, 0) is 25.3 Å². The van der Waals surface area contributed by atoms with Gasteiger partial charge < -0.3 is 35.7 Å². The number of carboxylic acids is 1. The Hall–Kier alpha value is -3.95. The van der Waals surface area contributed by atoms with Crippen LogP contribution in [-0.2, 0) is 30.0 Å². The maximum atomic E-state index is 13.3. The zero-order valence-electron chi connectivity index (χ0n) is 30.2. The van der Waals surface area contributed by atoms with Crippen molar-refractivity contribution >= 4 is 28.7 Å². The molecule has 0 spiro atoms. The molecule has 0 aliphatic carbocycles. The molecule has 2 aromatic rings. The highest BCUT2D eigenvalue weighted by Gasteiger charge is 2.20. The lowest BCUT2D eigenvalue weighted by Crippen LogP contribution is -2.32. The van der Waals surface area contributed by atoms with Crippen molar-refractivity contribution in [3.63, 3.8) is 0 Å². The average Bonchev–Trinajstić information content (AvgIpc) is 3.11. The van der Waals surface area contributed by atoms with Crippen molar-refractivity contribution in [2.24, 2.45) is 0 Å². The Balaban J connectivity index is 0.00000306. The third-order valence-corrected chi connectivity index (χ3v) is 7.43. The van der Waals surface area contributed by atoms with E-state index in [2.05, 4.69) is 47.6 Å². The van der Waals surface area contributed by atoms with E-state index in [4.69, 9.17) is 25.1 Å². The van der Waals surface area contributed by atoms with Crippen LogP contribution in [0, 0.1) is 0 Å². The summed E-state index contributed by atoms with van der Waals surface area (Å²) < 4.78 is 32.0. The van der Waals surface area contributed by atoms with Crippen molar-refractivity contribution in [3.8, 4) is 11.3 Å². The number of benzene rings is 1.